The van der Waals surface area contributed by atoms with Gasteiger partial charge >= 0.3 is 6.18 Å². The predicted octanol–water partition coefficient (Wildman–Crippen LogP) is 2.66. The SMILES string of the molecule is Cc1cc(C=O)nn1Cc1ccc(C(F)(F)F)o1. The smallest absolute Gasteiger partial charge is 0.449 e. The number of alkyl halides is 3. The van der Waals surface area contributed by atoms with E-state index in [0.717, 1.165) is 6.07 Å². The van der Waals surface area contributed by atoms with Crippen LogP contribution in [0.2, 0.25) is 0 Å². The zero-order chi connectivity index (χ0) is 13.3. The summed E-state index contributed by atoms with van der Waals surface area (Å²) in [5.74, 6) is -0.913. The minimum atomic E-state index is -4.49. The van der Waals surface area contributed by atoms with E-state index < -0.39 is 11.9 Å². The second-order valence-corrected chi connectivity index (χ2v) is 3.75. The fraction of sp³-hybridized carbons (Fsp3) is 0.273. The Morgan fingerprint density at radius 3 is 2.67 bits per heavy atom. The summed E-state index contributed by atoms with van der Waals surface area (Å²) in [4.78, 5) is 10.5. The van der Waals surface area contributed by atoms with Crippen molar-refractivity contribution >= 4 is 6.29 Å². The van der Waals surface area contributed by atoms with Crippen LogP contribution in [0.15, 0.2) is 22.6 Å². The van der Waals surface area contributed by atoms with E-state index in [1.54, 1.807) is 13.0 Å². The average molecular weight is 258 g/mol. The van der Waals surface area contributed by atoms with Gasteiger partial charge in [0.2, 0.25) is 5.76 Å². The third kappa shape index (κ3) is 2.44. The van der Waals surface area contributed by atoms with Crippen LogP contribution in [0.3, 0.4) is 0 Å². The van der Waals surface area contributed by atoms with Crippen LogP contribution in [0.1, 0.15) is 27.7 Å². The summed E-state index contributed by atoms with van der Waals surface area (Å²) in [5, 5.41) is 3.90. The van der Waals surface area contributed by atoms with Gasteiger partial charge in [-0.2, -0.15) is 18.3 Å². The largest absolute Gasteiger partial charge is 0.455 e. The molecule has 0 saturated heterocycles. The lowest BCUT2D eigenvalue weighted by molar-refractivity contribution is -0.153. The third-order valence-corrected chi connectivity index (χ3v) is 2.37. The van der Waals surface area contributed by atoms with E-state index in [1.165, 1.54) is 10.7 Å². The van der Waals surface area contributed by atoms with Crippen molar-refractivity contribution in [1.29, 1.82) is 0 Å². The van der Waals surface area contributed by atoms with Gasteiger partial charge in [-0.05, 0) is 25.1 Å². The van der Waals surface area contributed by atoms with E-state index in [-0.39, 0.29) is 18.0 Å². The van der Waals surface area contributed by atoms with Gasteiger partial charge in [-0.15, -0.1) is 0 Å². The Balaban J connectivity index is 2.21. The number of aryl methyl sites for hydroxylation is 1. The van der Waals surface area contributed by atoms with Crippen molar-refractivity contribution in [3.63, 3.8) is 0 Å². The van der Waals surface area contributed by atoms with Crippen LogP contribution in [0.25, 0.3) is 0 Å². The van der Waals surface area contributed by atoms with Gasteiger partial charge in [0.05, 0.1) is 6.54 Å². The molecule has 0 amide bonds. The van der Waals surface area contributed by atoms with Crippen molar-refractivity contribution in [3.8, 4) is 0 Å². The summed E-state index contributed by atoms with van der Waals surface area (Å²) in [6.45, 7) is 1.75. The molecule has 18 heavy (non-hydrogen) atoms. The van der Waals surface area contributed by atoms with E-state index >= 15 is 0 Å². The molecule has 96 valence electrons. The number of carbonyl (C=O) groups is 1. The van der Waals surface area contributed by atoms with Gasteiger partial charge in [-0.3, -0.25) is 9.48 Å². The zero-order valence-electron chi connectivity index (χ0n) is 9.36. The molecule has 2 heterocycles. The lowest BCUT2D eigenvalue weighted by Gasteiger charge is -2.03. The van der Waals surface area contributed by atoms with E-state index in [1.807, 2.05) is 0 Å². The maximum absolute atomic E-state index is 12.3. The maximum Gasteiger partial charge on any atom is 0.449 e. The van der Waals surface area contributed by atoms with Crippen LogP contribution in [0.5, 0.6) is 0 Å². The molecule has 0 atom stereocenters. The molecule has 7 heteroatoms. The number of aromatic nitrogens is 2. The van der Waals surface area contributed by atoms with Gasteiger partial charge in [-0.1, -0.05) is 0 Å². The first-order valence-electron chi connectivity index (χ1n) is 5.05. The van der Waals surface area contributed by atoms with Gasteiger partial charge in [0.15, 0.2) is 6.29 Å². The molecule has 0 aromatic carbocycles. The van der Waals surface area contributed by atoms with E-state index in [0.29, 0.717) is 12.0 Å². The first kappa shape index (κ1) is 12.4. The van der Waals surface area contributed by atoms with Crippen LogP contribution < -0.4 is 0 Å². The third-order valence-electron chi connectivity index (χ3n) is 2.37. The number of carbonyl (C=O) groups excluding carboxylic acids is 1. The molecule has 0 saturated carbocycles. The molecule has 0 fully saturated rings. The Morgan fingerprint density at radius 2 is 2.17 bits per heavy atom. The average Bonchev–Trinajstić information content (AvgIpc) is 2.86. The van der Waals surface area contributed by atoms with Gasteiger partial charge in [0.25, 0.3) is 0 Å². The van der Waals surface area contributed by atoms with Gasteiger partial charge < -0.3 is 4.42 Å². The number of aldehydes is 1. The highest BCUT2D eigenvalue weighted by Gasteiger charge is 2.34. The van der Waals surface area contributed by atoms with Crippen LogP contribution in [0.4, 0.5) is 13.2 Å². The molecule has 2 rings (SSSR count). The molecule has 0 N–H and O–H groups in total. The lowest BCUT2D eigenvalue weighted by atomic mass is 10.4. The van der Waals surface area contributed by atoms with Crippen molar-refractivity contribution in [3.05, 3.63) is 41.1 Å². The molecular formula is C11H9F3N2O2. The van der Waals surface area contributed by atoms with Crippen LogP contribution in [-0.2, 0) is 12.7 Å². The molecule has 0 bridgehead atoms. The summed E-state index contributed by atoms with van der Waals surface area (Å²) in [7, 11) is 0. The van der Waals surface area contributed by atoms with Crippen LogP contribution >= 0.6 is 0 Å². The highest BCUT2D eigenvalue weighted by Crippen LogP contribution is 2.30. The standard InChI is InChI=1S/C11H9F3N2O2/c1-7-4-8(6-17)15-16(7)5-9-2-3-10(18-9)11(12,13)14/h2-4,6H,5H2,1H3. The Kier molecular flexibility index (Phi) is 2.98. The molecule has 0 radical (unpaired) electrons. The minimum absolute atomic E-state index is 0.0513. The number of halogens is 3. The Bertz CT molecular complexity index is 569. The number of furan rings is 1. The number of hydrogen-bond acceptors (Lipinski definition) is 3. The summed E-state index contributed by atoms with van der Waals surface area (Å²) in [6.07, 6.45) is -3.92. The quantitative estimate of drug-likeness (QED) is 0.795. The summed E-state index contributed by atoms with van der Waals surface area (Å²) < 4.78 is 43.0. The van der Waals surface area contributed by atoms with Gasteiger partial charge in [-0.25, -0.2) is 0 Å². The molecule has 0 unspecified atom stereocenters. The van der Waals surface area contributed by atoms with Crippen molar-refractivity contribution < 1.29 is 22.4 Å². The van der Waals surface area contributed by atoms with Crippen molar-refractivity contribution in [2.75, 3.05) is 0 Å². The molecule has 2 aromatic heterocycles. The summed E-state index contributed by atoms with van der Waals surface area (Å²) in [5.41, 5.74) is 0.900. The summed E-state index contributed by atoms with van der Waals surface area (Å²) >= 11 is 0. The second kappa shape index (κ2) is 4.32. The highest BCUT2D eigenvalue weighted by molar-refractivity contribution is 5.71. The molecule has 0 aliphatic rings. The topological polar surface area (TPSA) is 48.0 Å². The van der Waals surface area contributed by atoms with Gasteiger partial charge in [0.1, 0.15) is 11.5 Å². The predicted molar refractivity (Wildman–Crippen MR) is 55.2 cm³/mol. The van der Waals surface area contributed by atoms with Crippen molar-refractivity contribution in [1.82, 2.24) is 9.78 Å². The van der Waals surface area contributed by atoms with Crippen LogP contribution in [0, 0.1) is 6.92 Å². The molecular weight excluding hydrogens is 249 g/mol. The minimum Gasteiger partial charge on any atom is -0.455 e. The zero-order valence-corrected chi connectivity index (χ0v) is 9.36. The Labute approximate surface area is 100 Å². The number of nitrogens with zero attached hydrogens (tertiary/aromatic N) is 2. The Hall–Kier alpha value is -2.05. The fourth-order valence-electron chi connectivity index (χ4n) is 1.52. The first-order chi connectivity index (χ1) is 8.40. The van der Waals surface area contributed by atoms with Gasteiger partial charge in [0, 0.05) is 5.69 Å². The van der Waals surface area contributed by atoms with E-state index in [4.69, 9.17) is 0 Å². The molecule has 0 aliphatic carbocycles. The second-order valence-electron chi connectivity index (χ2n) is 3.75. The molecule has 2 aromatic rings. The molecule has 4 nitrogen and oxygen atoms in total. The fourth-order valence-corrected chi connectivity index (χ4v) is 1.52. The first-order valence-corrected chi connectivity index (χ1v) is 5.05. The summed E-state index contributed by atoms with van der Waals surface area (Å²) in [6, 6.07) is 3.65. The molecule has 0 spiro atoms. The number of rotatable bonds is 3. The van der Waals surface area contributed by atoms with E-state index in [2.05, 4.69) is 9.52 Å². The molecule has 0 aliphatic heterocycles. The van der Waals surface area contributed by atoms with E-state index in [9.17, 15) is 18.0 Å². The monoisotopic (exact) mass is 258 g/mol. The number of hydrogen-bond donors (Lipinski definition) is 0. The lowest BCUT2D eigenvalue weighted by Crippen LogP contribution is -2.04. The van der Waals surface area contributed by atoms with Crippen LogP contribution in [-0.4, -0.2) is 16.1 Å². The van der Waals surface area contributed by atoms with Crippen molar-refractivity contribution in [2.45, 2.75) is 19.6 Å². The Morgan fingerprint density at radius 1 is 1.44 bits per heavy atom. The van der Waals surface area contributed by atoms with Crippen molar-refractivity contribution in [2.24, 2.45) is 0 Å². The maximum atomic E-state index is 12.3. The highest BCUT2D eigenvalue weighted by atomic mass is 19.4. The normalized spacial score (nSPS) is 11.8.